The van der Waals surface area contributed by atoms with Gasteiger partial charge in [0.05, 0.1) is 18.2 Å². The molecule has 0 bridgehead atoms. The Hall–Kier alpha value is -1.77. The summed E-state index contributed by atoms with van der Waals surface area (Å²) in [5.41, 5.74) is -0.479. The Kier molecular flexibility index (Phi) is 5.19. The zero-order valence-electron chi connectivity index (χ0n) is 16.6. The zero-order chi connectivity index (χ0) is 21.0. The Morgan fingerprint density at radius 3 is 2.36 bits per heavy atom. The van der Waals surface area contributed by atoms with Crippen LogP contribution in [0.2, 0.25) is 0 Å². The van der Waals surface area contributed by atoms with Crippen molar-refractivity contribution in [3.63, 3.8) is 0 Å². The lowest BCUT2D eigenvalue weighted by atomic mass is 9.92. The maximum Gasteiger partial charge on any atom is 0.408 e. The lowest BCUT2D eigenvalue weighted by Gasteiger charge is -2.40. The average molecular weight is 399 g/mol. The number of fused-ring (bicyclic) bond motifs is 1. The maximum atomic E-state index is 13.7. The molecule has 1 unspecified atom stereocenters. The van der Waals surface area contributed by atoms with E-state index in [1.54, 1.807) is 34.6 Å². The minimum atomic E-state index is -1.15. The highest BCUT2D eigenvalue weighted by molar-refractivity contribution is 5.66. The first kappa shape index (κ1) is 21.0. The van der Waals surface area contributed by atoms with Crippen molar-refractivity contribution in [1.29, 1.82) is 0 Å². The molecule has 1 aromatic carbocycles. The quantitative estimate of drug-likeness (QED) is 0.811. The minimum absolute atomic E-state index is 0.217. The Bertz CT molecular complexity index is 763. The number of nitrogens with zero attached hydrogens (tertiary/aromatic N) is 1. The first-order valence-corrected chi connectivity index (χ1v) is 9.33. The molecule has 0 radical (unpaired) electrons. The molecular formula is C20H27F2NO5. The molecule has 1 aromatic rings. The number of benzene rings is 1. The summed E-state index contributed by atoms with van der Waals surface area (Å²) in [7, 11) is 0. The van der Waals surface area contributed by atoms with Gasteiger partial charge in [0.25, 0.3) is 0 Å². The molecular weight excluding hydrogens is 372 g/mol. The van der Waals surface area contributed by atoms with Crippen LogP contribution in [0.5, 0.6) is 0 Å². The largest absolute Gasteiger partial charge is 0.465 e. The van der Waals surface area contributed by atoms with Crippen LogP contribution < -0.4 is 0 Å². The third-order valence-electron chi connectivity index (χ3n) is 5.43. The molecule has 2 fully saturated rings. The summed E-state index contributed by atoms with van der Waals surface area (Å²) < 4.78 is 38.9. The number of aliphatic hydroxyl groups is 1. The van der Waals surface area contributed by atoms with E-state index >= 15 is 0 Å². The van der Waals surface area contributed by atoms with Gasteiger partial charge in [-0.15, -0.1) is 0 Å². The molecule has 1 amide bonds. The standard InChI is InChI=1S/C20H27F2NO5/c1-19(2,3)23(18(25)26)14-9-11(16-17(14)28-20(4,5)27-16)15(24)10-6-7-12(21)13(22)8-10/h6-8,11,14-17,24H,9H2,1-5H3,(H,25,26)/t11-,14-,15?,16-,17+/m1/s1. The van der Waals surface area contributed by atoms with Crippen molar-refractivity contribution >= 4 is 6.09 Å². The number of rotatable bonds is 3. The third-order valence-corrected chi connectivity index (χ3v) is 5.43. The zero-order valence-corrected chi connectivity index (χ0v) is 16.6. The highest BCUT2D eigenvalue weighted by Crippen LogP contribution is 2.48. The fourth-order valence-corrected chi connectivity index (χ4v) is 4.42. The van der Waals surface area contributed by atoms with Crippen molar-refractivity contribution < 1.29 is 33.3 Å². The van der Waals surface area contributed by atoms with Crippen LogP contribution in [0.3, 0.4) is 0 Å². The van der Waals surface area contributed by atoms with E-state index in [4.69, 9.17) is 9.47 Å². The fraction of sp³-hybridized carbons (Fsp3) is 0.650. The molecule has 8 heteroatoms. The second-order valence-electron chi connectivity index (χ2n) is 8.97. The van der Waals surface area contributed by atoms with Gasteiger partial charge in [0, 0.05) is 11.5 Å². The normalized spacial score (nSPS) is 30.1. The third kappa shape index (κ3) is 3.73. The first-order chi connectivity index (χ1) is 12.8. The van der Waals surface area contributed by atoms with Gasteiger partial charge >= 0.3 is 6.09 Å². The van der Waals surface area contributed by atoms with Crippen molar-refractivity contribution in [2.24, 2.45) is 5.92 Å². The Balaban J connectivity index is 1.96. The smallest absolute Gasteiger partial charge is 0.408 e. The van der Waals surface area contributed by atoms with E-state index in [0.29, 0.717) is 0 Å². The molecule has 3 rings (SSSR count). The van der Waals surface area contributed by atoms with E-state index in [2.05, 4.69) is 0 Å². The number of carbonyl (C=O) groups is 1. The Morgan fingerprint density at radius 1 is 1.21 bits per heavy atom. The van der Waals surface area contributed by atoms with Crippen LogP contribution in [-0.4, -0.2) is 50.8 Å². The number of carboxylic acid groups (broad SMARTS) is 1. The summed E-state index contributed by atoms with van der Waals surface area (Å²) >= 11 is 0. The Morgan fingerprint density at radius 2 is 1.82 bits per heavy atom. The van der Waals surface area contributed by atoms with Gasteiger partial charge in [0.1, 0.15) is 6.10 Å². The highest BCUT2D eigenvalue weighted by Gasteiger charge is 2.59. The summed E-state index contributed by atoms with van der Waals surface area (Å²) in [5.74, 6) is -3.52. The topological polar surface area (TPSA) is 79.2 Å². The van der Waals surface area contributed by atoms with Crippen LogP contribution in [-0.2, 0) is 9.47 Å². The van der Waals surface area contributed by atoms with Crippen LogP contribution in [0, 0.1) is 17.6 Å². The Labute approximate surface area is 163 Å². The maximum absolute atomic E-state index is 13.7. The van der Waals surface area contributed by atoms with Gasteiger partial charge in [-0.1, -0.05) is 6.07 Å². The summed E-state index contributed by atoms with van der Waals surface area (Å²) in [6.45, 7) is 8.82. The predicted molar refractivity (Wildman–Crippen MR) is 96.7 cm³/mol. The lowest BCUT2D eigenvalue weighted by Crippen LogP contribution is -2.54. The second kappa shape index (κ2) is 6.93. The van der Waals surface area contributed by atoms with Crippen LogP contribution in [0.1, 0.15) is 52.7 Å². The molecule has 0 spiro atoms. The number of aliphatic hydroxyl groups excluding tert-OH is 1. The fourth-order valence-electron chi connectivity index (χ4n) is 4.42. The minimum Gasteiger partial charge on any atom is -0.465 e. The molecule has 28 heavy (non-hydrogen) atoms. The second-order valence-corrected chi connectivity index (χ2v) is 8.97. The lowest BCUT2D eigenvalue weighted by molar-refractivity contribution is -0.168. The first-order valence-electron chi connectivity index (χ1n) is 9.33. The monoisotopic (exact) mass is 399 g/mol. The highest BCUT2D eigenvalue weighted by atomic mass is 19.2. The van der Waals surface area contributed by atoms with Gasteiger partial charge in [-0.3, -0.25) is 4.90 Å². The van der Waals surface area contributed by atoms with Crippen molar-refractivity contribution in [1.82, 2.24) is 4.90 Å². The molecule has 1 aliphatic carbocycles. The molecule has 156 valence electrons. The summed E-state index contributed by atoms with van der Waals surface area (Å²) in [4.78, 5) is 13.3. The van der Waals surface area contributed by atoms with Crippen molar-refractivity contribution in [2.45, 2.75) is 76.7 Å². The van der Waals surface area contributed by atoms with E-state index in [0.717, 1.165) is 12.1 Å². The van der Waals surface area contributed by atoms with Crippen LogP contribution in [0.25, 0.3) is 0 Å². The van der Waals surface area contributed by atoms with Gasteiger partial charge < -0.3 is 19.7 Å². The van der Waals surface area contributed by atoms with Gasteiger partial charge in [0.15, 0.2) is 17.4 Å². The van der Waals surface area contributed by atoms with Gasteiger partial charge in [-0.05, 0) is 58.7 Å². The van der Waals surface area contributed by atoms with E-state index in [1.807, 2.05) is 0 Å². The van der Waals surface area contributed by atoms with Crippen molar-refractivity contribution in [3.05, 3.63) is 35.4 Å². The van der Waals surface area contributed by atoms with E-state index in [9.17, 15) is 23.8 Å². The number of halogens is 2. The van der Waals surface area contributed by atoms with Crippen molar-refractivity contribution in [3.8, 4) is 0 Å². The number of amides is 1. The number of hydrogen-bond acceptors (Lipinski definition) is 4. The number of hydrogen-bond donors (Lipinski definition) is 2. The van der Waals surface area contributed by atoms with Crippen LogP contribution >= 0.6 is 0 Å². The van der Waals surface area contributed by atoms with Crippen LogP contribution in [0.4, 0.5) is 13.6 Å². The van der Waals surface area contributed by atoms with Gasteiger partial charge in [-0.2, -0.15) is 0 Å². The molecule has 1 saturated heterocycles. The molecule has 1 aliphatic heterocycles. The van der Waals surface area contributed by atoms with Gasteiger partial charge in [0.2, 0.25) is 0 Å². The van der Waals surface area contributed by atoms with E-state index in [-0.39, 0.29) is 12.0 Å². The molecule has 1 saturated carbocycles. The van der Waals surface area contributed by atoms with E-state index in [1.165, 1.54) is 11.0 Å². The summed E-state index contributed by atoms with van der Waals surface area (Å²) in [6.07, 6.45) is -3.12. The van der Waals surface area contributed by atoms with Gasteiger partial charge in [-0.25, -0.2) is 13.6 Å². The van der Waals surface area contributed by atoms with E-state index < -0.39 is 59.3 Å². The summed E-state index contributed by atoms with van der Waals surface area (Å²) in [5, 5.41) is 20.7. The number of ether oxygens (including phenoxy) is 2. The van der Waals surface area contributed by atoms with Crippen molar-refractivity contribution in [2.75, 3.05) is 0 Å². The summed E-state index contributed by atoms with van der Waals surface area (Å²) in [6, 6.07) is 2.70. The molecule has 2 N–H and O–H groups in total. The SMILES string of the molecule is CC1(C)O[C@@H]2[C@H](O1)[C@@H](C(O)c1ccc(F)c(F)c1)C[C@H]2N(C(=O)O)C(C)(C)C. The average Bonchev–Trinajstić information content (AvgIpc) is 3.02. The molecule has 1 heterocycles. The predicted octanol–water partition coefficient (Wildman–Crippen LogP) is 3.69. The molecule has 2 aliphatic rings. The molecule has 0 aromatic heterocycles. The molecule has 5 atom stereocenters. The molecule has 6 nitrogen and oxygen atoms in total. The van der Waals surface area contributed by atoms with Crippen LogP contribution in [0.15, 0.2) is 18.2 Å².